The number of Topliss-reactive ketones (excluding diaryl/α,β-unsaturated/α-hetero) is 2. The number of carbonyl (C=O) groups excluding carboxylic acids is 2. The molecule has 0 amide bonds. The van der Waals surface area contributed by atoms with Crippen molar-refractivity contribution in [2.75, 3.05) is 0 Å². The fraction of sp³-hybridized carbons (Fsp3) is 0.231. The van der Waals surface area contributed by atoms with Crippen LogP contribution in [0.3, 0.4) is 0 Å². The Morgan fingerprint density at radius 2 is 1.77 bits per heavy atom. The average molecular weight is 868 g/mol. The smallest absolute Gasteiger partial charge is 0.134 e. The number of aromatic nitrogens is 2. The molecule has 0 aromatic carbocycles. The van der Waals surface area contributed by atoms with E-state index in [-0.39, 0.29) is 59.6 Å². The van der Waals surface area contributed by atoms with Crippen LogP contribution in [0.5, 0.6) is 5.88 Å². The van der Waals surface area contributed by atoms with Crippen LogP contribution in [0.25, 0.3) is 5.65 Å². The Bertz CT molecular complexity index is 580. The van der Waals surface area contributed by atoms with Gasteiger partial charge in [0.05, 0.1) is 0 Å². The van der Waals surface area contributed by atoms with Crippen LogP contribution in [0.2, 0.25) is 0 Å². The molecule has 0 aliphatic heterocycles. The second-order valence-electron chi connectivity index (χ2n) is 3.75. The molecule has 0 fully saturated rings. The molecule has 122 valence electrons. The van der Waals surface area contributed by atoms with Crippen LogP contribution < -0.4 is 0 Å². The van der Waals surface area contributed by atoms with E-state index in [9.17, 15) is 14.7 Å². The summed E-state index contributed by atoms with van der Waals surface area (Å²) in [5.74, 6) is -0.266. The quantitative estimate of drug-likeness (QED) is 0.286. The number of carbonyl (C=O) groups is 2. The van der Waals surface area contributed by atoms with E-state index in [2.05, 4.69) is 48.3 Å². The molecule has 9 heteroatoms. The zero-order valence-corrected chi connectivity index (χ0v) is 22.2. The first-order valence-corrected chi connectivity index (χ1v) is 11.7. The summed E-state index contributed by atoms with van der Waals surface area (Å²) in [4.78, 5) is 24.1. The Hall–Kier alpha value is 0.537. The van der Waals surface area contributed by atoms with Crippen LogP contribution in [0.4, 0.5) is 0 Å². The van der Waals surface area contributed by atoms with Crippen molar-refractivity contribution in [1.29, 1.82) is 0 Å². The van der Waals surface area contributed by atoms with Crippen LogP contribution in [0.1, 0.15) is 19.5 Å². The first-order valence-electron chi connectivity index (χ1n) is 5.46. The minimum Gasteiger partial charge on any atom is -0.528 e. The molecule has 2 rings (SSSR count). The van der Waals surface area contributed by atoms with Gasteiger partial charge in [0.15, 0.2) is 0 Å². The third-order valence-electron chi connectivity index (χ3n) is 1.94. The third-order valence-corrected chi connectivity index (χ3v) is 1.94. The predicted molar refractivity (Wildman–Crippen MR) is 94.1 cm³/mol. The van der Waals surface area contributed by atoms with Gasteiger partial charge in [0, 0.05) is 103 Å². The standard InChI is InChI=1S/C8H7N2O.C5H7O2.I2.2W/c1-6-5-8(11)10-4-2-3-7(10)9-6;1-4(6)3-5(2)7;1-2;;/h2-4,11H,1H3;3H,1-2H3;;;/q2*-1;;;. The summed E-state index contributed by atoms with van der Waals surface area (Å²) < 4.78 is 1.58. The van der Waals surface area contributed by atoms with Crippen LogP contribution in [0.15, 0.2) is 18.3 Å². The van der Waals surface area contributed by atoms with Gasteiger partial charge >= 0.3 is 0 Å². The number of ketones is 2. The number of halogens is 2. The largest absolute Gasteiger partial charge is 0.528 e. The second kappa shape index (κ2) is 15.1. The van der Waals surface area contributed by atoms with Crippen molar-refractivity contribution in [1.82, 2.24) is 9.38 Å². The summed E-state index contributed by atoms with van der Waals surface area (Å²) in [5.41, 5.74) is 1.45. The summed E-state index contributed by atoms with van der Waals surface area (Å²) in [6.07, 6.45) is 2.80. The third kappa shape index (κ3) is 11.1. The van der Waals surface area contributed by atoms with Gasteiger partial charge in [0.1, 0.15) is 5.65 Å². The number of aromatic hydroxyl groups is 1. The zero-order chi connectivity index (χ0) is 15.7. The molecule has 0 bridgehead atoms. The molecule has 2 aromatic rings. The van der Waals surface area contributed by atoms with Gasteiger partial charge in [-0.2, -0.15) is 0 Å². The van der Waals surface area contributed by atoms with Gasteiger partial charge in [0.2, 0.25) is 0 Å². The topological polar surface area (TPSA) is 71.7 Å². The molecule has 5 nitrogen and oxygen atoms in total. The first-order chi connectivity index (χ1) is 9.40. The normalized spacial score (nSPS) is 8.05. The van der Waals surface area contributed by atoms with E-state index >= 15 is 0 Å². The Kier molecular flexibility index (Phi) is 18.8. The molecule has 0 aliphatic rings. The Morgan fingerprint density at radius 1 is 1.27 bits per heavy atom. The van der Waals surface area contributed by atoms with E-state index in [1.807, 2.05) is 12.1 Å². The van der Waals surface area contributed by atoms with Crippen molar-refractivity contribution >= 4 is 54.4 Å². The number of hydrogen-bond acceptors (Lipinski definition) is 4. The number of nitrogens with zero attached hydrogens (tertiary/aromatic N) is 2. The molecule has 0 spiro atoms. The van der Waals surface area contributed by atoms with Gasteiger partial charge in [-0.25, -0.2) is 0 Å². The monoisotopic (exact) mass is 868 g/mol. The van der Waals surface area contributed by atoms with Crippen LogP contribution in [-0.2, 0) is 51.7 Å². The fourth-order valence-electron chi connectivity index (χ4n) is 1.35. The minimum absolute atomic E-state index is 0. The molecule has 2 heterocycles. The van der Waals surface area contributed by atoms with Crippen LogP contribution in [0, 0.1) is 19.4 Å². The van der Waals surface area contributed by atoms with Crippen molar-refractivity contribution < 1.29 is 56.8 Å². The molecule has 0 radical (unpaired) electrons. The van der Waals surface area contributed by atoms with Crippen molar-refractivity contribution in [2.45, 2.75) is 20.8 Å². The summed E-state index contributed by atoms with van der Waals surface area (Å²) in [5, 5.41) is 9.31. The Labute approximate surface area is 181 Å². The van der Waals surface area contributed by atoms with Gasteiger partial charge in [0.25, 0.3) is 0 Å². The maximum Gasteiger partial charge on any atom is 0.134 e. The van der Waals surface area contributed by atoms with Gasteiger partial charge in [-0.3, -0.25) is 11.4 Å². The SMILES string of the molecule is CC(=O)[CH-]C(C)=O.Cc1[c-]c(O)n2cccc2n1.II.[W].[W]. The van der Waals surface area contributed by atoms with E-state index < -0.39 is 0 Å². The van der Waals surface area contributed by atoms with Crippen molar-refractivity contribution in [3.05, 3.63) is 36.5 Å². The molecule has 2 aromatic heterocycles. The zero-order valence-electron chi connectivity index (χ0n) is 12.0. The Balaban J connectivity index is -0.000000293. The van der Waals surface area contributed by atoms with E-state index in [4.69, 9.17) is 0 Å². The molecule has 0 saturated carbocycles. The number of rotatable bonds is 2. The molecular weight excluding hydrogens is 854 g/mol. The first kappa shape index (κ1) is 27.4. The molecule has 1 N–H and O–H groups in total. The molecule has 0 saturated heterocycles. The van der Waals surface area contributed by atoms with Gasteiger partial charge < -0.3 is 25.2 Å². The molecule has 0 atom stereocenters. The molecule has 0 unspecified atom stereocenters. The van der Waals surface area contributed by atoms with E-state index in [0.717, 1.165) is 12.1 Å². The molecule has 0 aliphatic carbocycles. The Morgan fingerprint density at radius 3 is 2.18 bits per heavy atom. The second-order valence-corrected chi connectivity index (χ2v) is 3.75. The van der Waals surface area contributed by atoms with Gasteiger partial charge in [-0.1, -0.05) is 6.92 Å². The van der Waals surface area contributed by atoms with E-state index in [0.29, 0.717) is 5.69 Å². The minimum atomic E-state index is -0.187. The van der Waals surface area contributed by atoms with Crippen molar-refractivity contribution in [2.24, 2.45) is 0 Å². The molecule has 22 heavy (non-hydrogen) atoms. The summed E-state index contributed by atoms with van der Waals surface area (Å²) in [6, 6.07) is 6.37. The number of hydrogen-bond donors (Lipinski definition) is 1. The van der Waals surface area contributed by atoms with Gasteiger partial charge in [-0.15, -0.1) is 5.69 Å². The summed E-state index contributed by atoms with van der Waals surface area (Å²) >= 11 is 4.24. The van der Waals surface area contributed by atoms with Crippen LogP contribution in [-0.4, -0.2) is 26.1 Å². The fourth-order valence-corrected chi connectivity index (χ4v) is 1.35. The maximum absolute atomic E-state index is 9.98. The van der Waals surface area contributed by atoms with Crippen molar-refractivity contribution in [3.8, 4) is 5.88 Å². The number of aryl methyl sites for hydroxylation is 1. The predicted octanol–water partition coefficient (Wildman–Crippen LogP) is 3.28. The maximum atomic E-state index is 9.98. The van der Waals surface area contributed by atoms with E-state index in [1.165, 1.54) is 13.8 Å². The average Bonchev–Trinajstić information content (AvgIpc) is 2.78. The van der Waals surface area contributed by atoms with Gasteiger partial charge in [-0.05, 0) is 26.0 Å². The molecular formula is C13H14I2N2O3W2-2. The van der Waals surface area contributed by atoms with Crippen molar-refractivity contribution in [3.63, 3.8) is 0 Å². The van der Waals surface area contributed by atoms with Crippen LogP contribution >= 0.6 is 37.2 Å². The summed E-state index contributed by atoms with van der Waals surface area (Å²) in [7, 11) is 0. The number of fused-ring (bicyclic) bond motifs is 1. The van der Waals surface area contributed by atoms with E-state index in [1.54, 1.807) is 17.5 Å². The summed E-state index contributed by atoms with van der Waals surface area (Å²) in [6.45, 7) is 4.50.